The Morgan fingerprint density at radius 1 is 1.13 bits per heavy atom. The van der Waals surface area contributed by atoms with Crippen LogP contribution in [-0.4, -0.2) is 17.9 Å². The van der Waals surface area contributed by atoms with Crippen LogP contribution in [0.1, 0.15) is 0 Å². The van der Waals surface area contributed by atoms with Crippen molar-refractivity contribution in [3.05, 3.63) is 42.5 Å². The second-order valence-corrected chi connectivity index (χ2v) is 3.32. The van der Waals surface area contributed by atoms with Gasteiger partial charge in [-0.3, -0.25) is 5.73 Å². The third-order valence-electron chi connectivity index (χ3n) is 2.21. The quantitative estimate of drug-likeness (QED) is 0.743. The smallest absolute Gasteiger partial charge is 0.171 e. The summed E-state index contributed by atoms with van der Waals surface area (Å²) in [6.45, 7) is -0.191. The van der Waals surface area contributed by atoms with Crippen LogP contribution in [-0.2, 0) is 0 Å². The lowest BCUT2D eigenvalue weighted by Crippen LogP contribution is -2.30. The maximum Gasteiger partial charge on any atom is 0.171 e. The Morgan fingerprint density at radius 2 is 1.87 bits per heavy atom. The highest BCUT2D eigenvalue weighted by atomic mass is 16.5. The van der Waals surface area contributed by atoms with Crippen LogP contribution in [0.2, 0.25) is 0 Å². The highest BCUT2D eigenvalue weighted by Gasteiger charge is 2.05. The molecule has 1 atom stereocenters. The molecule has 2 rings (SSSR count). The van der Waals surface area contributed by atoms with Crippen molar-refractivity contribution in [2.24, 2.45) is 5.73 Å². The van der Waals surface area contributed by atoms with Gasteiger partial charge in [-0.15, -0.1) is 0 Å². The molecular formula is C12H13NO2. The molecule has 0 aliphatic carbocycles. The first-order chi connectivity index (χ1) is 7.31. The molecule has 1 unspecified atom stereocenters. The number of aliphatic hydroxyl groups excluding tert-OH is 1. The first kappa shape index (κ1) is 9.96. The highest BCUT2D eigenvalue weighted by Crippen LogP contribution is 2.25. The monoisotopic (exact) mass is 203 g/mol. The average molecular weight is 203 g/mol. The Balaban J connectivity index is 2.42. The number of aliphatic hydroxyl groups is 1. The van der Waals surface area contributed by atoms with Crippen molar-refractivity contribution in [3.8, 4) is 5.75 Å². The van der Waals surface area contributed by atoms with Gasteiger partial charge in [0.15, 0.2) is 6.23 Å². The third kappa shape index (κ3) is 2.09. The molecule has 0 spiro atoms. The van der Waals surface area contributed by atoms with Crippen molar-refractivity contribution in [1.29, 1.82) is 0 Å². The lowest BCUT2D eigenvalue weighted by molar-refractivity contribution is 0.122. The minimum atomic E-state index is -0.671. The van der Waals surface area contributed by atoms with Crippen molar-refractivity contribution in [3.63, 3.8) is 0 Å². The Bertz CT molecular complexity index is 451. The zero-order valence-electron chi connectivity index (χ0n) is 8.26. The molecule has 0 radical (unpaired) electrons. The van der Waals surface area contributed by atoms with E-state index in [9.17, 15) is 0 Å². The van der Waals surface area contributed by atoms with Crippen LogP contribution in [0.15, 0.2) is 42.5 Å². The predicted molar refractivity (Wildman–Crippen MR) is 59.6 cm³/mol. The Morgan fingerprint density at radius 3 is 2.67 bits per heavy atom. The van der Waals surface area contributed by atoms with E-state index in [1.54, 1.807) is 0 Å². The first-order valence-corrected chi connectivity index (χ1v) is 4.82. The second kappa shape index (κ2) is 4.29. The van der Waals surface area contributed by atoms with Gasteiger partial charge in [-0.05, 0) is 11.5 Å². The van der Waals surface area contributed by atoms with E-state index in [0.29, 0.717) is 5.75 Å². The van der Waals surface area contributed by atoms with Gasteiger partial charge in [-0.25, -0.2) is 0 Å². The molecular weight excluding hydrogens is 190 g/mol. The number of rotatable bonds is 3. The Kier molecular flexibility index (Phi) is 2.85. The molecule has 0 aliphatic rings. The molecule has 3 heteroatoms. The molecule has 0 fully saturated rings. The first-order valence-electron chi connectivity index (χ1n) is 4.82. The summed E-state index contributed by atoms with van der Waals surface area (Å²) in [4.78, 5) is 0. The van der Waals surface area contributed by atoms with Crippen LogP contribution < -0.4 is 10.5 Å². The zero-order chi connectivity index (χ0) is 10.7. The molecule has 2 aromatic carbocycles. The van der Waals surface area contributed by atoms with Crippen molar-refractivity contribution in [2.75, 3.05) is 6.61 Å². The van der Waals surface area contributed by atoms with E-state index >= 15 is 0 Å². The fraction of sp³-hybridized carbons (Fsp3) is 0.167. The van der Waals surface area contributed by atoms with Crippen molar-refractivity contribution in [2.45, 2.75) is 6.23 Å². The van der Waals surface area contributed by atoms with Crippen molar-refractivity contribution in [1.82, 2.24) is 0 Å². The van der Waals surface area contributed by atoms with Crippen molar-refractivity contribution < 1.29 is 9.84 Å². The fourth-order valence-electron chi connectivity index (χ4n) is 1.50. The number of benzene rings is 2. The van der Waals surface area contributed by atoms with Crippen LogP contribution >= 0.6 is 0 Å². The molecule has 3 N–H and O–H groups in total. The second-order valence-electron chi connectivity index (χ2n) is 3.32. The standard InChI is InChI=1S/C12H13NO2/c13-12(8-14)15-11-7-3-5-9-4-1-2-6-10(9)11/h1-7,12,14H,8,13H2. The van der Waals surface area contributed by atoms with Gasteiger partial charge < -0.3 is 9.84 Å². The molecule has 15 heavy (non-hydrogen) atoms. The summed E-state index contributed by atoms with van der Waals surface area (Å²) < 4.78 is 5.40. The van der Waals surface area contributed by atoms with Crippen molar-refractivity contribution >= 4 is 10.8 Å². The van der Waals surface area contributed by atoms with Gasteiger partial charge in [0.2, 0.25) is 0 Å². The molecule has 78 valence electrons. The lowest BCUT2D eigenvalue weighted by Gasteiger charge is -2.13. The van der Waals surface area contributed by atoms with Gasteiger partial charge in [-0.2, -0.15) is 0 Å². The summed E-state index contributed by atoms with van der Waals surface area (Å²) in [7, 11) is 0. The summed E-state index contributed by atoms with van der Waals surface area (Å²) in [5.41, 5.74) is 5.52. The number of fused-ring (bicyclic) bond motifs is 1. The molecule has 0 aliphatic heterocycles. The predicted octanol–water partition coefficient (Wildman–Crippen LogP) is 1.50. The minimum Gasteiger partial charge on any atom is -0.472 e. The fourth-order valence-corrected chi connectivity index (χ4v) is 1.50. The molecule has 0 amide bonds. The van der Waals surface area contributed by atoms with E-state index < -0.39 is 6.23 Å². The number of ether oxygens (including phenoxy) is 1. The van der Waals surface area contributed by atoms with E-state index in [2.05, 4.69) is 0 Å². The molecule has 0 saturated carbocycles. The number of nitrogens with two attached hydrogens (primary N) is 1. The maximum absolute atomic E-state index is 8.82. The zero-order valence-corrected chi connectivity index (χ0v) is 8.26. The topological polar surface area (TPSA) is 55.5 Å². The van der Waals surface area contributed by atoms with Gasteiger partial charge >= 0.3 is 0 Å². The van der Waals surface area contributed by atoms with Gasteiger partial charge in [0.05, 0.1) is 6.61 Å². The van der Waals surface area contributed by atoms with E-state index in [1.807, 2.05) is 42.5 Å². The summed E-state index contributed by atoms with van der Waals surface area (Å²) in [5, 5.41) is 10.9. The summed E-state index contributed by atoms with van der Waals surface area (Å²) in [6.07, 6.45) is -0.671. The molecule has 3 nitrogen and oxygen atoms in total. The average Bonchev–Trinajstić information content (AvgIpc) is 2.29. The van der Waals surface area contributed by atoms with Gasteiger partial charge in [0, 0.05) is 5.39 Å². The van der Waals surface area contributed by atoms with Gasteiger partial charge in [-0.1, -0.05) is 36.4 Å². The molecule has 0 aromatic heterocycles. The maximum atomic E-state index is 8.82. The van der Waals surface area contributed by atoms with Crippen LogP contribution in [0.25, 0.3) is 10.8 Å². The highest BCUT2D eigenvalue weighted by molar-refractivity contribution is 5.88. The van der Waals surface area contributed by atoms with E-state index in [4.69, 9.17) is 15.6 Å². The minimum absolute atomic E-state index is 0.191. The number of hydrogen-bond acceptors (Lipinski definition) is 3. The Hall–Kier alpha value is -1.58. The molecule has 0 saturated heterocycles. The molecule has 2 aromatic rings. The van der Waals surface area contributed by atoms with Gasteiger partial charge in [0.1, 0.15) is 5.75 Å². The van der Waals surface area contributed by atoms with Crippen LogP contribution in [0.4, 0.5) is 0 Å². The number of hydrogen-bond donors (Lipinski definition) is 2. The summed E-state index contributed by atoms with van der Waals surface area (Å²) >= 11 is 0. The van der Waals surface area contributed by atoms with Crippen LogP contribution in [0.3, 0.4) is 0 Å². The molecule has 0 heterocycles. The normalized spacial score (nSPS) is 12.7. The van der Waals surface area contributed by atoms with Crippen LogP contribution in [0, 0.1) is 0 Å². The lowest BCUT2D eigenvalue weighted by atomic mass is 10.1. The van der Waals surface area contributed by atoms with Gasteiger partial charge in [0.25, 0.3) is 0 Å². The SMILES string of the molecule is NC(CO)Oc1cccc2ccccc12. The van der Waals surface area contributed by atoms with E-state index in [1.165, 1.54) is 0 Å². The largest absolute Gasteiger partial charge is 0.472 e. The van der Waals surface area contributed by atoms with Crippen LogP contribution in [0.5, 0.6) is 5.75 Å². The van der Waals surface area contributed by atoms with E-state index in [0.717, 1.165) is 10.8 Å². The third-order valence-corrected chi connectivity index (χ3v) is 2.21. The summed E-state index contributed by atoms with van der Waals surface area (Å²) in [6, 6.07) is 13.6. The Labute approximate surface area is 88.1 Å². The molecule has 0 bridgehead atoms. The summed E-state index contributed by atoms with van der Waals surface area (Å²) in [5.74, 6) is 0.703. The van der Waals surface area contributed by atoms with E-state index in [-0.39, 0.29) is 6.61 Å².